The van der Waals surface area contributed by atoms with Crippen LogP contribution in [0.1, 0.15) is 22.5 Å². The van der Waals surface area contributed by atoms with E-state index in [2.05, 4.69) is 49.8 Å². The Labute approximate surface area is 120 Å². The molecule has 0 aliphatic rings. The Balaban J connectivity index is 0.00000144. The van der Waals surface area contributed by atoms with E-state index in [-0.39, 0.29) is 12.4 Å². The fourth-order valence-corrected chi connectivity index (χ4v) is 2.81. The van der Waals surface area contributed by atoms with Crippen molar-refractivity contribution in [2.45, 2.75) is 26.9 Å². The molecule has 2 N–H and O–H groups in total. The van der Waals surface area contributed by atoms with Crippen molar-refractivity contribution in [3.05, 3.63) is 37.7 Å². The minimum atomic E-state index is 0. The largest absolute Gasteiger partial charge is 0.308 e. The van der Waals surface area contributed by atoms with E-state index in [9.17, 15) is 0 Å². The molecule has 3 nitrogen and oxygen atoms in total. The SMILES string of the molecule is Cc1n[nH]c(C)c1CNCc1csc(Br)c1.Cl. The molecule has 0 bridgehead atoms. The highest BCUT2D eigenvalue weighted by Gasteiger charge is 2.05. The number of thiophene rings is 1. The summed E-state index contributed by atoms with van der Waals surface area (Å²) in [5.41, 5.74) is 4.82. The minimum absolute atomic E-state index is 0. The van der Waals surface area contributed by atoms with Crippen LogP contribution in [-0.4, -0.2) is 10.2 Å². The lowest BCUT2D eigenvalue weighted by Crippen LogP contribution is -2.13. The molecule has 0 aliphatic carbocycles. The van der Waals surface area contributed by atoms with Gasteiger partial charge in [-0.15, -0.1) is 23.7 Å². The van der Waals surface area contributed by atoms with Crippen LogP contribution in [0.5, 0.6) is 0 Å². The van der Waals surface area contributed by atoms with Crippen LogP contribution < -0.4 is 5.32 Å². The van der Waals surface area contributed by atoms with Crippen LogP contribution >= 0.6 is 39.7 Å². The lowest BCUT2D eigenvalue weighted by Gasteiger charge is -2.03. The van der Waals surface area contributed by atoms with Gasteiger partial charge in [0.25, 0.3) is 0 Å². The second kappa shape index (κ2) is 6.54. The first-order valence-corrected chi connectivity index (χ1v) is 6.78. The number of hydrogen-bond acceptors (Lipinski definition) is 3. The number of aromatic amines is 1. The van der Waals surface area contributed by atoms with E-state index in [4.69, 9.17) is 0 Å². The van der Waals surface area contributed by atoms with Crippen molar-refractivity contribution < 1.29 is 0 Å². The molecular weight excluding hydrogens is 322 g/mol. The van der Waals surface area contributed by atoms with E-state index in [0.29, 0.717) is 0 Å². The van der Waals surface area contributed by atoms with Gasteiger partial charge in [-0.05, 0) is 46.8 Å². The molecule has 0 fully saturated rings. The van der Waals surface area contributed by atoms with Crippen molar-refractivity contribution in [2.75, 3.05) is 0 Å². The fourth-order valence-electron chi connectivity index (χ4n) is 1.60. The van der Waals surface area contributed by atoms with Gasteiger partial charge >= 0.3 is 0 Å². The van der Waals surface area contributed by atoms with Gasteiger partial charge in [0, 0.05) is 24.3 Å². The van der Waals surface area contributed by atoms with E-state index >= 15 is 0 Å². The predicted octanol–water partition coefficient (Wildman–Crippen LogP) is 3.56. The number of nitrogens with one attached hydrogen (secondary N) is 2. The molecule has 2 rings (SSSR count). The molecular formula is C11H15BrClN3S. The zero-order valence-electron chi connectivity index (χ0n) is 9.71. The molecule has 0 unspecified atom stereocenters. The molecule has 0 aliphatic heterocycles. The minimum Gasteiger partial charge on any atom is -0.308 e. The van der Waals surface area contributed by atoms with E-state index in [0.717, 1.165) is 24.5 Å². The Morgan fingerprint density at radius 3 is 2.71 bits per heavy atom. The van der Waals surface area contributed by atoms with Gasteiger partial charge in [0.15, 0.2) is 0 Å². The van der Waals surface area contributed by atoms with Gasteiger partial charge in [-0.1, -0.05) is 0 Å². The summed E-state index contributed by atoms with van der Waals surface area (Å²) in [5.74, 6) is 0. The molecule has 0 aromatic carbocycles. The van der Waals surface area contributed by atoms with Gasteiger partial charge in [0.2, 0.25) is 0 Å². The van der Waals surface area contributed by atoms with Gasteiger partial charge in [-0.3, -0.25) is 5.10 Å². The number of nitrogens with zero attached hydrogens (tertiary/aromatic N) is 1. The van der Waals surface area contributed by atoms with Crippen molar-refractivity contribution in [1.29, 1.82) is 0 Å². The lowest BCUT2D eigenvalue weighted by atomic mass is 10.2. The van der Waals surface area contributed by atoms with E-state index in [1.54, 1.807) is 11.3 Å². The van der Waals surface area contributed by atoms with Gasteiger partial charge in [-0.25, -0.2) is 0 Å². The Morgan fingerprint density at radius 2 is 2.18 bits per heavy atom. The Hall–Kier alpha value is -0.360. The molecule has 0 radical (unpaired) electrons. The monoisotopic (exact) mass is 335 g/mol. The lowest BCUT2D eigenvalue weighted by molar-refractivity contribution is 0.689. The number of aromatic nitrogens is 2. The number of aryl methyl sites for hydroxylation is 2. The highest BCUT2D eigenvalue weighted by atomic mass is 79.9. The molecule has 2 aromatic heterocycles. The third-order valence-electron chi connectivity index (χ3n) is 2.53. The van der Waals surface area contributed by atoms with E-state index < -0.39 is 0 Å². The summed E-state index contributed by atoms with van der Waals surface area (Å²) in [6, 6.07) is 2.15. The average molecular weight is 337 g/mol. The summed E-state index contributed by atoms with van der Waals surface area (Å²) in [5, 5.41) is 12.8. The van der Waals surface area contributed by atoms with Crippen molar-refractivity contribution in [1.82, 2.24) is 15.5 Å². The maximum Gasteiger partial charge on any atom is 0.0701 e. The normalized spacial score (nSPS) is 10.3. The van der Waals surface area contributed by atoms with Crippen molar-refractivity contribution >= 4 is 39.7 Å². The van der Waals surface area contributed by atoms with Crippen LogP contribution in [0.15, 0.2) is 15.2 Å². The molecule has 17 heavy (non-hydrogen) atoms. The van der Waals surface area contributed by atoms with Crippen LogP contribution in [0.2, 0.25) is 0 Å². The van der Waals surface area contributed by atoms with E-state index in [1.807, 2.05) is 6.92 Å². The number of rotatable bonds is 4. The molecule has 0 saturated carbocycles. The van der Waals surface area contributed by atoms with Gasteiger partial charge in [0.1, 0.15) is 0 Å². The van der Waals surface area contributed by atoms with Crippen LogP contribution in [0, 0.1) is 13.8 Å². The Kier molecular flexibility index (Phi) is 5.66. The van der Waals surface area contributed by atoms with Gasteiger partial charge < -0.3 is 5.32 Å². The summed E-state index contributed by atoms with van der Waals surface area (Å²) < 4.78 is 1.18. The smallest absolute Gasteiger partial charge is 0.0701 e. The topological polar surface area (TPSA) is 40.7 Å². The summed E-state index contributed by atoms with van der Waals surface area (Å²) in [6.07, 6.45) is 0. The summed E-state index contributed by atoms with van der Waals surface area (Å²) >= 11 is 5.18. The maximum atomic E-state index is 4.18. The average Bonchev–Trinajstić information content (AvgIpc) is 2.78. The molecule has 0 amide bonds. The van der Waals surface area contributed by atoms with Crippen LogP contribution in [0.25, 0.3) is 0 Å². The van der Waals surface area contributed by atoms with Crippen molar-refractivity contribution in [3.8, 4) is 0 Å². The van der Waals surface area contributed by atoms with Gasteiger partial charge in [-0.2, -0.15) is 5.10 Å². The first-order chi connectivity index (χ1) is 7.66. The highest BCUT2D eigenvalue weighted by molar-refractivity contribution is 9.11. The first kappa shape index (κ1) is 14.7. The third kappa shape index (κ3) is 3.81. The molecule has 0 atom stereocenters. The number of halogens is 2. The Morgan fingerprint density at radius 1 is 1.41 bits per heavy atom. The van der Waals surface area contributed by atoms with Gasteiger partial charge in [0.05, 0.1) is 9.48 Å². The quantitative estimate of drug-likeness (QED) is 0.896. The molecule has 94 valence electrons. The fraction of sp³-hybridized carbons (Fsp3) is 0.364. The van der Waals surface area contributed by atoms with Crippen molar-refractivity contribution in [3.63, 3.8) is 0 Å². The maximum absolute atomic E-state index is 4.18. The molecule has 2 aromatic rings. The molecule has 0 spiro atoms. The summed E-state index contributed by atoms with van der Waals surface area (Å²) in [4.78, 5) is 0. The van der Waals surface area contributed by atoms with Crippen molar-refractivity contribution in [2.24, 2.45) is 0 Å². The summed E-state index contributed by atoms with van der Waals surface area (Å²) in [6.45, 7) is 5.84. The number of hydrogen-bond donors (Lipinski definition) is 2. The standard InChI is InChI=1S/C11H14BrN3S.ClH/c1-7-10(8(2)15-14-7)5-13-4-9-3-11(12)16-6-9;/h3,6,13H,4-5H2,1-2H3,(H,14,15);1H. The molecule has 2 heterocycles. The van der Waals surface area contributed by atoms with Crippen LogP contribution in [0.3, 0.4) is 0 Å². The molecule has 6 heteroatoms. The van der Waals surface area contributed by atoms with E-state index in [1.165, 1.54) is 14.9 Å². The Bertz CT molecular complexity index is 461. The first-order valence-electron chi connectivity index (χ1n) is 5.11. The highest BCUT2D eigenvalue weighted by Crippen LogP contribution is 2.20. The molecule has 0 saturated heterocycles. The van der Waals surface area contributed by atoms with Crippen LogP contribution in [-0.2, 0) is 13.1 Å². The van der Waals surface area contributed by atoms with Crippen LogP contribution in [0.4, 0.5) is 0 Å². The zero-order valence-corrected chi connectivity index (χ0v) is 12.9. The second-order valence-corrected chi connectivity index (χ2v) is 6.07. The summed E-state index contributed by atoms with van der Waals surface area (Å²) in [7, 11) is 0. The zero-order chi connectivity index (χ0) is 11.5. The second-order valence-electron chi connectivity index (χ2n) is 3.78. The predicted molar refractivity (Wildman–Crippen MR) is 77.9 cm³/mol. The third-order valence-corrected chi connectivity index (χ3v) is 4.09. The number of H-pyrrole nitrogens is 1.